The Morgan fingerprint density at radius 1 is 0.520 bits per heavy atom. The van der Waals surface area contributed by atoms with Crippen molar-refractivity contribution in [1.29, 1.82) is 0 Å². The van der Waals surface area contributed by atoms with Crippen LogP contribution in [0.15, 0.2) is 12.7 Å². The Hall–Kier alpha value is 0.0900. The fourth-order valence-electron chi connectivity index (χ4n) is 3.35. The molecule has 0 unspecified atom stereocenters. The van der Waals surface area contributed by atoms with Crippen LogP contribution in [0.25, 0.3) is 0 Å². The third-order valence-electron chi connectivity index (χ3n) is 5.09. The molecule has 0 atom stereocenters. The molecule has 0 nitrogen and oxygen atoms in total. The summed E-state index contributed by atoms with van der Waals surface area (Å²) in [5.41, 5.74) is 0. The molecule has 0 aliphatic carbocycles. The smallest absolute Gasteiger partial charge is 0.00675 e. The van der Waals surface area contributed by atoms with Gasteiger partial charge in [-0.15, -0.1) is 6.58 Å². The van der Waals surface area contributed by atoms with E-state index < -0.39 is 0 Å². The Bertz CT molecular complexity index is 236. The van der Waals surface area contributed by atoms with E-state index in [9.17, 15) is 0 Å². The minimum absolute atomic E-state index is 1.20. The molecule has 0 aromatic heterocycles. The van der Waals surface area contributed by atoms with Gasteiger partial charge in [-0.1, -0.05) is 109 Å². The molecule has 150 valence electrons. The van der Waals surface area contributed by atoms with Gasteiger partial charge in [-0.3, -0.25) is 0 Å². The summed E-state index contributed by atoms with van der Waals surface area (Å²) in [5, 5.41) is 0. The van der Waals surface area contributed by atoms with Crippen molar-refractivity contribution in [2.45, 2.75) is 129 Å². The summed E-state index contributed by atoms with van der Waals surface area (Å²) in [5.74, 6) is 2.78. The highest BCUT2D eigenvalue weighted by atomic mass is 32.2. The Balaban J connectivity index is 2.95. The third kappa shape index (κ3) is 24.1. The van der Waals surface area contributed by atoms with Crippen LogP contribution in [0.3, 0.4) is 0 Å². The normalized spacial score (nSPS) is 11.1. The molecule has 0 bridgehead atoms. The largest absolute Gasteiger partial charge is 0.162 e. The van der Waals surface area contributed by atoms with Crippen LogP contribution in [0.1, 0.15) is 129 Å². The number of allylic oxidation sites excluding steroid dienone is 1. The van der Waals surface area contributed by atoms with Crippen LogP contribution in [-0.4, -0.2) is 11.5 Å². The first kappa shape index (κ1) is 25.1. The summed E-state index contributed by atoms with van der Waals surface area (Å²) in [4.78, 5) is 0. The molecule has 0 rings (SSSR count). The van der Waals surface area contributed by atoms with Gasteiger partial charge in [0.2, 0.25) is 0 Å². The van der Waals surface area contributed by atoms with Crippen LogP contribution in [0.5, 0.6) is 0 Å². The molecule has 1 heteroatoms. The van der Waals surface area contributed by atoms with E-state index in [1.165, 1.54) is 134 Å². The van der Waals surface area contributed by atoms with Crippen molar-refractivity contribution in [2.24, 2.45) is 0 Å². The van der Waals surface area contributed by atoms with Crippen LogP contribution >= 0.6 is 11.8 Å². The molecule has 0 fully saturated rings. The first-order valence-corrected chi connectivity index (χ1v) is 12.8. The average Bonchev–Trinajstić information content (AvgIpc) is 2.63. The molecule has 0 heterocycles. The molecule has 0 aromatic rings. The van der Waals surface area contributed by atoms with Gasteiger partial charge in [0.05, 0.1) is 0 Å². The van der Waals surface area contributed by atoms with E-state index in [0.29, 0.717) is 0 Å². The van der Waals surface area contributed by atoms with Gasteiger partial charge >= 0.3 is 0 Å². The summed E-state index contributed by atoms with van der Waals surface area (Å²) in [7, 11) is 0. The average molecular weight is 369 g/mol. The van der Waals surface area contributed by atoms with E-state index in [2.05, 4.69) is 25.3 Å². The highest BCUT2D eigenvalue weighted by Crippen LogP contribution is 2.15. The number of hydrogen-bond donors (Lipinski definition) is 0. The maximum absolute atomic E-state index is 3.78. The molecule has 0 saturated heterocycles. The second-order valence-electron chi connectivity index (χ2n) is 7.70. The quantitative estimate of drug-likeness (QED) is 0.135. The molecule has 0 N–H and O–H groups in total. The molecule has 0 saturated carbocycles. The maximum Gasteiger partial charge on any atom is -0.00675 e. The first-order valence-electron chi connectivity index (χ1n) is 11.6. The zero-order valence-electron chi connectivity index (χ0n) is 17.5. The molecule has 0 amide bonds. The molecule has 0 radical (unpaired) electrons. The van der Waals surface area contributed by atoms with E-state index >= 15 is 0 Å². The monoisotopic (exact) mass is 368 g/mol. The van der Waals surface area contributed by atoms with Crippen molar-refractivity contribution in [3.8, 4) is 0 Å². The topological polar surface area (TPSA) is 0 Å². The molecular formula is C24H48S. The van der Waals surface area contributed by atoms with Crippen LogP contribution < -0.4 is 0 Å². The molecule has 25 heavy (non-hydrogen) atoms. The van der Waals surface area contributed by atoms with E-state index in [0.717, 1.165) is 0 Å². The number of rotatable bonds is 22. The summed E-state index contributed by atoms with van der Waals surface area (Å²) in [6.07, 6.45) is 29.3. The molecular weight excluding hydrogens is 320 g/mol. The van der Waals surface area contributed by atoms with Gasteiger partial charge in [0.15, 0.2) is 0 Å². The second-order valence-corrected chi connectivity index (χ2v) is 8.92. The Labute approximate surface area is 165 Å². The van der Waals surface area contributed by atoms with Crippen molar-refractivity contribution >= 4 is 11.8 Å². The van der Waals surface area contributed by atoms with Crippen molar-refractivity contribution in [3.05, 3.63) is 12.7 Å². The molecule has 0 spiro atoms. The fraction of sp³-hybridized carbons (Fsp3) is 0.917. The summed E-state index contributed by atoms with van der Waals surface area (Å²) in [6.45, 7) is 6.08. The second kappa shape index (κ2) is 24.1. The number of unbranched alkanes of at least 4 members (excludes halogenated alkanes) is 17. The highest BCUT2D eigenvalue weighted by Gasteiger charge is 1.95. The lowest BCUT2D eigenvalue weighted by Gasteiger charge is -2.04. The standard InChI is InChI=1S/C24H48S/c1-3-5-7-9-11-12-13-14-15-16-17-18-20-22-24-25-23-21-19-10-8-6-4-2/h4H,2-3,5-24H2,1H3. The summed E-state index contributed by atoms with van der Waals surface area (Å²) < 4.78 is 0. The minimum atomic E-state index is 1.20. The molecule has 0 aliphatic heterocycles. The Morgan fingerprint density at radius 2 is 0.880 bits per heavy atom. The van der Waals surface area contributed by atoms with E-state index in [4.69, 9.17) is 0 Å². The SMILES string of the molecule is C=CCCCCCCSCCCCCCCCCCCCCCCC. The van der Waals surface area contributed by atoms with Crippen LogP contribution in [-0.2, 0) is 0 Å². The van der Waals surface area contributed by atoms with E-state index in [1.807, 2.05) is 6.08 Å². The minimum Gasteiger partial charge on any atom is -0.162 e. The number of thioether (sulfide) groups is 1. The van der Waals surface area contributed by atoms with Crippen molar-refractivity contribution in [2.75, 3.05) is 11.5 Å². The summed E-state index contributed by atoms with van der Waals surface area (Å²) in [6, 6.07) is 0. The third-order valence-corrected chi connectivity index (χ3v) is 6.24. The van der Waals surface area contributed by atoms with Gasteiger partial charge in [-0.05, 0) is 37.2 Å². The van der Waals surface area contributed by atoms with Gasteiger partial charge in [0, 0.05) is 0 Å². The lowest BCUT2D eigenvalue weighted by molar-refractivity contribution is 0.538. The first-order chi connectivity index (χ1) is 12.4. The van der Waals surface area contributed by atoms with Gasteiger partial charge in [-0.25, -0.2) is 0 Å². The van der Waals surface area contributed by atoms with Gasteiger partial charge < -0.3 is 0 Å². The van der Waals surface area contributed by atoms with E-state index in [1.54, 1.807) is 0 Å². The van der Waals surface area contributed by atoms with Crippen LogP contribution in [0, 0.1) is 0 Å². The van der Waals surface area contributed by atoms with Crippen LogP contribution in [0.4, 0.5) is 0 Å². The van der Waals surface area contributed by atoms with Crippen molar-refractivity contribution in [1.82, 2.24) is 0 Å². The van der Waals surface area contributed by atoms with Gasteiger partial charge in [0.25, 0.3) is 0 Å². The zero-order chi connectivity index (χ0) is 18.3. The molecule has 0 aromatic carbocycles. The van der Waals surface area contributed by atoms with Gasteiger partial charge in [-0.2, -0.15) is 11.8 Å². The fourth-order valence-corrected chi connectivity index (χ4v) is 4.37. The van der Waals surface area contributed by atoms with Crippen molar-refractivity contribution < 1.29 is 0 Å². The maximum atomic E-state index is 3.78. The van der Waals surface area contributed by atoms with E-state index in [-0.39, 0.29) is 0 Å². The lowest BCUT2D eigenvalue weighted by Crippen LogP contribution is -1.87. The predicted molar refractivity (Wildman–Crippen MR) is 121 cm³/mol. The number of hydrogen-bond acceptors (Lipinski definition) is 1. The summed E-state index contributed by atoms with van der Waals surface area (Å²) >= 11 is 2.18. The van der Waals surface area contributed by atoms with Crippen LogP contribution in [0.2, 0.25) is 0 Å². The van der Waals surface area contributed by atoms with Crippen molar-refractivity contribution in [3.63, 3.8) is 0 Å². The predicted octanol–water partition coefficient (Wildman–Crippen LogP) is 9.34. The highest BCUT2D eigenvalue weighted by molar-refractivity contribution is 7.99. The molecule has 0 aliphatic rings. The Kier molecular flexibility index (Phi) is 24.2. The Morgan fingerprint density at radius 3 is 1.28 bits per heavy atom. The lowest BCUT2D eigenvalue weighted by atomic mass is 10.0. The van der Waals surface area contributed by atoms with Gasteiger partial charge in [0.1, 0.15) is 0 Å². The zero-order valence-corrected chi connectivity index (χ0v) is 18.4.